The first-order chi connectivity index (χ1) is 6.91. The molecule has 0 aliphatic rings. The van der Waals surface area contributed by atoms with E-state index in [-0.39, 0.29) is 0 Å². The van der Waals surface area contributed by atoms with E-state index in [1.807, 2.05) is 0 Å². The molecule has 0 fully saturated rings. The van der Waals surface area contributed by atoms with Gasteiger partial charge in [0.25, 0.3) is 0 Å². The largest absolute Gasteiger partial charge is 0.450 e. The van der Waals surface area contributed by atoms with E-state index in [1.54, 1.807) is 25.1 Å². The summed E-state index contributed by atoms with van der Waals surface area (Å²) in [5, 5.41) is 0. The van der Waals surface area contributed by atoms with E-state index in [2.05, 4.69) is 20.9 Å². The maximum Gasteiger partial charge on any atom is 0.450 e. The van der Waals surface area contributed by atoms with Gasteiger partial charge in [-0.05, 0) is 35.0 Å². The van der Waals surface area contributed by atoms with Gasteiger partial charge in [0.15, 0.2) is 0 Å². The third-order valence-electron chi connectivity index (χ3n) is 2.05. The number of aryl methyl sites for hydroxylation is 1. The average molecular weight is 279 g/mol. The van der Waals surface area contributed by atoms with Crippen molar-refractivity contribution in [1.29, 1.82) is 0 Å². The minimum Gasteiger partial charge on any atom is -0.283 e. The van der Waals surface area contributed by atoms with Gasteiger partial charge in [-0.25, -0.2) is 4.98 Å². The van der Waals surface area contributed by atoms with Crippen LogP contribution in [0, 0.1) is 6.92 Å². The fourth-order valence-electron chi connectivity index (χ4n) is 1.44. The van der Waals surface area contributed by atoms with E-state index in [0.29, 0.717) is 15.8 Å². The van der Waals surface area contributed by atoms with E-state index < -0.39 is 12.0 Å². The van der Waals surface area contributed by atoms with Gasteiger partial charge in [-0.2, -0.15) is 13.2 Å². The number of rotatable bonds is 0. The van der Waals surface area contributed by atoms with E-state index in [0.717, 1.165) is 4.40 Å². The molecule has 2 nitrogen and oxygen atoms in total. The zero-order chi connectivity index (χ0) is 11.2. The van der Waals surface area contributed by atoms with Crippen LogP contribution in [0.1, 0.15) is 11.5 Å². The lowest BCUT2D eigenvalue weighted by Gasteiger charge is -2.06. The molecular weight excluding hydrogens is 273 g/mol. The maximum atomic E-state index is 12.6. The standard InChI is InChI=1S/C9H6BrF3N2/c1-5-6-3-2-4-7(10)15(6)8(14-5)9(11,12)13/h2-4H,1H3. The normalized spacial score (nSPS) is 12.3. The molecule has 0 aliphatic heterocycles. The number of hydrogen-bond acceptors (Lipinski definition) is 1. The molecular formula is C9H6BrF3N2. The third-order valence-corrected chi connectivity index (χ3v) is 2.67. The van der Waals surface area contributed by atoms with Crippen LogP contribution in [0.3, 0.4) is 0 Å². The highest BCUT2D eigenvalue weighted by Crippen LogP contribution is 2.31. The van der Waals surface area contributed by atoms with Crippen LogP contribution in [0.5, 0.6) is 0 Å². The van der Waals surface area contributed by atoms with E-state index >= 15 is 0 Å². The van der Waals surface area contributed by atoms with Crippen LogP contribution in [0.15, 0.2) is 22.8 Å². The summed E-state index contributed by atoms with van der Waals surface area (Å²) in [4.78, 5) is 3.53. The second-order valence-corrected chi connectivity index (χ2v) is 3.90. The molecule has 2 heterocycles. The summed E-state index contributed by atoms with van der Waals surface area (Å²) in [6, 6.07) is 4.82. The molecule has 0 aromatic carbocycles. The summed E-state index contributed by atoms with van der Waals surface area (Å²) in [7, 11) is 0. The van der Waals surface area contributed by atoms with Crippen LogP contribution in [-0.4, -0.2) is 9.38 Å². The van der Waals surface area contributed by atoms with Crippen molar-refractivity contribution in [2.75, 3.05) is 0 Å². The molecule has 2 aromatic rings. The molecule has 80 valence electrons. The molecule has 15 heavy (non-hydrogen) atoms. The maximum absolute atomic E-state index is 12.6. The van der Waals surface area contributed by atoms with Crippen LogP contribution in [0.2, 0.25) is 0 Å². The molecule has 0 spiro atoms. The van der Waals surface area contributed by atoms with Gasteiger partial charge >= 0.3 is 6.18 Å². The van der Waals surface area contributed by atoms with Crippen molar-refractivity contribution in [3.8, 4) is 0 Å². The van der Waals surface area contributed by atoms with E-state index in [9.17, 15) is 13.2 Å². The van der Waals surface area contributed by atoms with Gasteiger partial charge < -0.3 is 0 Å². The molecule has 0 aliphatic carbocycles. The number of halogens is 4. The van der Waals surface area contributed by atoms with E-state index in [1.165, 1.54) is 0 Å². The fourth-order valence-corrected chi connectivity index (χ4v) is 1.95. The summed E-state index contributed by atoms with van der Waals surface area (Å²) >= 11 is 3.08. The molecule has 6 heteroatoms. The molecule has 0 saturated heterocycles. The Bertz CT molecular complexity index is 516. The van der Waals surface area contributed by atoms with Crippen LogP contribution >= 0.6 is 15.9 Å². The summed E-state index contributed by atoms with van der Waals surface area (Å²) in [6.45, 7) is 1.55. The van der Waals surface area contributed by atoms with Gasteiger partial charge in [-0.3, -0.25) is 4.40 Å². The number of fused-ring (bicyclic) bond motifs is 1. The molecule has 0 N–H and O–H groups in total. The molecule has 0 radical (unpaired) electrons. The summed E-state index contributed by atoms with van der Waals surface area (Å²) in [5.41, 5.74) is 0.820. The van der Waals surface area contributed by atoms with Gasteiger partial charge in [0, 0.05) is 0 Å². The molecule has 2 rings (SSSR count). The van der Waals surface area contributed by atoms with Crippen LogP contribution in [0.4, 0.5) is 13.2 Å². The smallest absolute Gasteiger partial charge is 0.283 e. The number of pyridine rings is 1. The molecule has 0 bridgehead atoms. The monoisotopic (exact) mass is 278 g/mol. The van der Waals surface area contributed by atoms with Crippen molar-refractivity contribution in [2.45, 2.75) is 13.1 Å². The van der Waals surface area contributed by atoms with Gasteiger partial charge in [0.05, 0.1) is 15.8 Å². The highest BCUT2D eigenvalue weighted by molar-refractivity contribution is 9.10. The van der Waals surface area contributed by atoms with Crippen LogP contribution in [-0.2, 0) is 6.18 Å². The lowest BCUT2D eigenvalue weighted by molar-refractivity contribution is -0.145. The van der Waals surface area contributed by atoms with Gasteiger partial charge in [-0.15, -0.1) is 0 Å². The van der Waals surface area contributed by atoms with Gasteiger partial charge in [0.2, 0.25) is 5.82 Å². The number of hydrogen-bond donors (Lipinski definition) is 0. The Morgan fingerprint density at radius 3 is 2.60 bits per heavy atom. The van der Waals surface area contributed by atoms with Crippen molar-refractivity contribution in [2.24, 2.45) is 0 Å². The zero-order valence-electron chi connectivity index (χ0n) is 7.64. The minimum absolute atomic E-state index is 0.341. The average Bonchev–Trinajstić information content (AvgIpc) is 2.45. The summed E-state index contributed by atoms with van der Waals surface area (Å²) in [5.74, 6) is -0.900. The molecule has 2 aromatic heterocycles. The van der Waals surface area contributed by atoms with E-state index in [4.69, 9.17) is 0 Å². The Hall–Kier alpha value is -1.04. The summed E-state index contributed by atoms with van der Waals surface area (Å²) in [6.07, 6.45) is -4.44. The molecule has 0 saturated carbocycles. The number of nitrogens with zero attached hydrogens (tertiary/aromatic N) is 2. The topological polar surface area (TPSA) is 17.3 Å². The Morgan fingerprint density at radius 2 is 2.00 bits per heavy atom. The van der Waals surface area contributed by atoms with Crippen molar-refractivity contribution in [1.82, 2.24) is 9.38 Å². The first-order valence-electron chi connectivity index (χ1n) is 4.12. The van der Waals surface area contributed by atoms with Gasteiger partial charge in [-0.1, -0.05) is 6.07 Å². The molecule has 0 amide bonds. The lowest BCUT2D eigenvalue weighted by atomic mass is 10.3. The fraction of sp³-hybridized carbons (Fsp3) is 0.222. The highest BCUT2D eigenvalue weighted by Gasteiger charge is 2.37. The SMILES string of the molecule is Cc1nc(C(F)(F)F)n2c(Br)cccc12. The molecule has 0 unspecified atom stereocenters. The minimum atomic E-state index is -4.44. The Balaban J connectivity index is 2.88. The quantitative estimate of drug-likeness (QED) is 0.675. The van der Waals surface area contributed by atoms with Crippen molar-refractivity contribution in [3.05, 3.63) is 34.3 Å². The zero-order valence-corrected chi connectivity index (χ0v) is 9.22. The highest BCUT2D eigenvalue weighted by atomic mass is 79.9. The Morgan fingerprint density at radius 1 is 1.33 bits per heavy atom. The van der Waals surface area contributed by atoms with Crippen LogP contribution < -0.4 is 0 Å². The lowest BCUT2D eigenvalue weighted by Crippen LogP contribution is -2.11. The van der Waals surface area contributed by atoms with Gasteiger partial charge in [0.1, 0.15) is 0 Å². The second kappa shape index (κ2) is 3.23. The van der Waals surface area contributed by atoms with Crippen LogP contribution in [0.25, 0.3) is 5.52 Å². The second-order valence-electron chi connectivity index (χ2n) is 3.09. The predicted molar refractivity (Wildman–Crippen MR) is 52.6 cm³/mol. The number of imidazole rings is 1. The summed E-state index contributed by atoms with van der Waals surface area (Å²) < 4.78 is 39.2. The Labute approximate surface area is 91.9 Å². The number of alkyl halides is 3. The Kier molecular flexibility index (Phi) is 2.26. The third kappa shape index (κ3) is 1.62. The van der Waals surface area contributed by atoms with Crippen molar-refractivity contribution in [3.63, 3.8) is 0 Å². The van der Waals surface area contributed by atoms with Crippen molar-refractivity contribution < 1.29 is 13.2 Å². The first-order valence-corrected chi connectivity index (χ1v) is 4.91. The predicted octanol–water partition coefficient (Wildman–Crippen LogP) is 3.42. The first kappa shape index (κ1) is 10.5. The number of aromatic nitrogens is 2. The molecule has 0 atom stereocenters. The van der Waals surface area contributed by atoms with Crippen molar-refractivity contribution >= 4 is 21.4 Å².